The maximum atomic E-state index is 10.6. The van der Waals surface area contributed by atoms with E-state index in [1.807, 2.05) is 18.2 Å². The Kier molecular flexibility index (Phi) is 9.96. The van der Waals surface area contributed by atoms with Gasteiger partial charge in [0.2, 0.25) is 0 Å². The molecule has 0 fully saturated rings. The molecule has 1 rings (SSSR count). The zero-order valence-electron chi connectivity index (χ0n) is 14.2. The summed E-state index contributed by atoms with van der Waals surface area (Å²) in [5.74, 6) is 0.505. The first-order chi connectivity index (χ1) is 11.0. The molecule has 0 saturated carbocycles. The molecule has 0 aliphatic rings. The van der Waals surface area contributed by atoms with Crippen LogP contribution in [-0.4, -0.2) is 25.3 Å². The molecular weight excluding hydrogens is 312 g/mol. The number of aryl methyl sites for hydroxylation is 1. The van der Waals surface area contributed by atoms with E-state index in [9.17, 15) is 8.42 Å². The van der Waals surface area contributed by atoms with Gasteiger partial charge in [0.1, 0.15) is 5.75 Å². The smallest absolute Gasteiger partial charge is 0.264 e. The number of unbranched alkanes of at least 4 members (excludes halogenated alkanes) is 6. The van der Waals surface area contributed by atoms with E-state index in [-0.39, 0.29) is 5.75 Å². The molecule has 23 heavy (non-hydrogen) atoms. The van der Waals surface area contributed by atoms with Crippen molar-refractivity contribution in [3.8, 4) is 5.75 Å². The third-order valence-electron chi connectivity index (χ3n) is 3.78. The fourth-order valence-electron chi connectivity index (χ4n) is 2.51. The van der Waals surface area contributed by atoms with Crippen LogP contribution in [0.25, 0.3) is 0 Å². The Hall–Kier alpha value is -1.07. The quantitative estimate of drug-likeness (QED) is 0.419. The normalized spacial score (nSPS) is 11.6. The van der Waals surface area contributed by atoms with Gasteiger partial charge in [-0.25, -0.2) is 0 Å². The minimum absolute atomic E-state index is 0.259. The molecule has 0 aliphatic heterocycles. The van der Waals surface area contributed by atoms with Crippen LogP contribution in [0.3, 0.4) is 0 Å². The van der Waals surface area contributed by atoms with Crippen LogP contribution in [0.5, 0.6) is 5.75 Å². The van der Waals surface area contributed by atoms with Crippen molar-refractivity contribution in [3.63, 3.8) is 0 Å². The molecule has 4 nitrogen and oxygen atoms in total. The summed E-state index contributed by atoms with van der Waals surface area (Å²) < 4.78 is 35.5. The van der Waals surface area contributed by atoms with Crippen molar-refractivity contribution in [3.05, 3.63) is 29.8 Å². The number of benzene rings is 1. The average molecular weight is 343 g/mol. The lowest BCUT2D eigenvalue weighted by molar-refractivity contribution is 0.315. The van der Waals surface area contributed by atoms with Gasteiger partial charge in [0.15, 0.2) is 0 Å². The van der Waals surface area contributed by atoms with Gasteiger partial charge in [-0.15, -0.1) is 0 Å². The van der Waals surface area contributed by atoms with Crippen molar-refractivity contribution >= 4 is 10.1 Å². The summed E-state index contributed by atoms with van der Waals surface area (Å²) >= 11 is 0. The highest BCUT2D eigenvalue weighted by Crippen LogP contribution is 2.16. The minimum Gasteiger partial charge on any atom is -0.494 e. The molecule has 0 aliphatic carbocycles. The van der Waals surface area contributed by atoms with Gasteiger partial charge in [0, 0.05) is 0 Å². The van der Waals surface area contributed by atoms with E-state index in [1.54, 1.807) is 0 Å². The van der Waals surface area contributed by atoms with Gasteiger partial charge in [-0.2, -0.15) is 8.42 Å². The van der Waals surface area contributed by atoms with Gasteiger partial charge < -0.3 is 4.74 Å². The Morgan fingerprint density at radius 1 is 1.00 bits per heavy atom. The van der Waals surface area contributed by atoms with Gasteiger partial charge in [-0.05, 0) is 37.0 Å². The first kappa shape index (κ1) is 20.0. The Morgan fingerprint density at radius 3 is 2.39 bits per heavy atom. The highest BCUT2D eigenvalue weighted by atomic mass is 32.2. The van der Waals surface area contributed by atoms with E-state index >= 15 is 0 Å². The van der Waals surface area contributed by atoms with E-state index < -0.39 is 10.1 Å². The monoisotopic (exact) mass is 342 g/mol. The van der Waals surface area contributed by atoms with Gasteiger partial charge >= 0.3 is 0 Å². The highest BCUT2D eigenvalue weighted by Gasteiger charge is 2.04. The Labute approximate surface area is 141 Å². The second-order valence-electron chi connectivity index (χ2n) is 6.01. The maximum Gasteiger partial charge on any atom is 0.264 e. The topological polar surface area (TPSA) is 63.6 Å². The van der Waals surface area contributed by atoms with Crippen molar-refractivity contribution in [2.75, 3.05) is 12.4 Å². The summed E-state index contributed by atoms with van der Waals surface area (Å²) in [6.45, 7) is 2.53. The van der Waals surface area contributed by atoms with E-state index in [0.29, 0.717) is 13.0 Å². The molecule has 0 radical (unpaired) electrons. The molecule has 0 aromatic heterocycles. The number of rotatable bonds is 13. The van der Waals surface area contributed by atoms with Gasteiger partial charge in [-0.3, -0.25) is 4.55 Å². The second-order valence-corrected chi connectivity index (χ2v) is 7.58. The summed E-state index contributed by atoms with van der Waals surface area (Å²) in [6, 6.07) is 7.96. The lowest BCUT2D eigenvalue weighted by Gasteiger charge is -2.08. The van der Waals surface area contributed by atoms with Crippen molar-refractivity contribution in [1.82, 2.24) is 0 Å². The third kappa shape index (κ3) is 11.2. The average Bonchev–Trinajstić information content (AvgIpc) is 2.50. The van der Waals surface area contributed by atoms with Crippen LogP contribution >= 0.6 is 0 Å². The van der Waals surface area contributed by atoms with Crippen LogP contribution < -0.4 is 4.74 Å². The fourth-order valence-corrected chi connectivity index (χ4v) is 2.99. The van der Waals surface area contributed by atoms with Crippen molar-refractivity contribution in [1.29, 1.82) is 0 Å². The Balaban J connectivity index is 2.20. The lowest BCUT2D eigenvalue weighted by Crippen LogP contribution is -2.08. The molecule has 0 spiro atoms. The summed E-state index contributed by atoms with van der Waals surface area (Å²) in [5.41, 5.74) is 1.26. The summed E-state index contributed by atoms with van der Waals surface area (Å²) in [5, 5.41) is 0. The zero-order chi connectivity index (χ0) is 17.0. The molecule has 1 N–H and O–H groups in total. The summed E-state index contributed by atoms with van der Waals surface area (Å²) in [7, 11) is -3.89. The van der Waals surface area contributed by atoms with E-state index in [1.165, 1.54) is 50.5 Å². The molecule has 5 heteroatoms. The van der Waals surface area contributed by atoms with Gasteiger partial charge in [-0.1, -0.05) is 57.6 Å². The van der Waals surface area contributed by atoms with Crippen molar-refractivity contribution < 1.29 is 17.7 Å². The standard InChI is InChI=1S/C18H30O4S/c1-2-3-4-5-6-7-8-11-17-12-9-13-18(16-17)22-14-10-15-23(19,20)21/h9,12-13,16H,2-8,10-11,14-15H2,1H3,(H,19,20,21). The van der Waals surface area contributed by atoms with E-state index in [2.05, 4.69) is 13.0 Å². The molecule has 1 aromatic rings. The molecule has 132 valence electrons. The largest absolute Gasteiger partial charge is 0.494 e. The van der Waals surface area contributed by atoms with E-state index in [0.717, 1.165) is 12.2 Å². The predicted molar refractivity (Wildman–Crippen MR) is 94.7 cm³/mol. The zero-order valence-corrected chi connectivity index (χ0v) is 15.0. The van der Waals surface area contributed by atoms with Gasteiger partial charge in [0.25, 0.3) is 10.1 Å². The Morgan fingerprint density at radius 2 is 1.70 bits per heavy atom. The number of ether oxygens (including phenoxy) is 1. The van der Waals surface area contributed by atoms with Crippen LogP contribution in [0.15, 0.2) is 24.3 Å². The first-order valence-corrected chi connectivity index (χ1v) is 10.3. The van der Waals surface area contributed by atoms with E-state index in [4.69, 9.17) is 9.29 Å². The molecule has 0 bridgehead atoms. The second kappa shape index (κ2) is 11.5. The number of hydrogen-bond donors (Lipinski definition) is 1. The fraction of sp³-hybridized carbons (Fsp3) is 0.667. The molecular formula is C18H30O4S. The third-order valence-corrected chi connectivity index (χ3v) is 4.59. The number of hydrogen-bond acceptors (Lipinski definition) is 3. The Bertz CT molecular complexity index is 526. The predicted octanol–water partition coefficient (Wildman–Crippen LogP) is 4.64. The molecule has 0 unspecified atom stereocenters. The molecule has 0 amide bonds. The molecule has 0 heterocycles. The minimum atomic E-state index is -3.89. The molecule has 1 aromatic carbocycles. The first-order valence-electron chi connectivity index (χ1n) is 8.68. The van der Waals surface area contributed by atoms with Gasteiger partial charge in [0.05, 0.1) is 12.4 Å². The SMILES string of the molecule is CCCCCCCCCc1cccc(OCCCS(=O)(=O)O)c1. The molecule has 0 saturated heterocycles. The summed E-state index contributed by atoms with van der Waals surface area (Å²) in [4.78, 5) is 0. The van der Waals surface area contributed by atoms with Crippen LogP contribution in [0.2, 0.25) is 0 Å². The highest BCUT2D eigenvalue weighted by molar-refractivity contribution is 7.85. The van der Waals surface area contributed by atoms with Crippen LogP contribution in [0.1, 0.15) is 63.9 Å². The maximum absolute atomic E-state index is 10.6. The van der Waals surface area contributed by atoms with Crippen molar-refractivity contribution in [2.45, 2.75) is 64.7 Å². The molecule has 0 atom stereocenters. The lowest BCUT2D eigenvalue weighted by atomic mass is 10.0. The van der Waals surface area contributed by atoms with Crippen molar-refractivity contribution in [2.24, 2.45) is 0 Å². The van der Waals surface area contributed by atoms with Crippen LogP contribution in [0.4, 0.5) is 0 Å². The summed E-state index contributed by atoms with van der Waals surface area (Å²) in [6.07, 6.45) is 10.4. The van der Waals surface area contributed by atoms with Crippen LogP contribution in [0, 0.1) is 0 Å². The van der Waals surface area contributed by atoms with Crippen LogP contribution in [-0.2, 0) is 16.5 Å².